The Morgan fingerprint density at radius 2 is 1.82 bits per heavy atom. The lowest BCUT2D eigenvalue weighted by atomic mass is 10.2. The Labute approximate surface area is 109 Å². The number of nitrogens with zero attached hydrogens (tertiary/aromatic N) is 1. The zero-order valence-corrected chi connectivity index (χ0v) is 10.3. The third kappa shape index (κ3) is 2.71. The molecule has 0 aliphatic heterocycles. The van der Waals surface area contributed by atoms with Crippen molar-refractivity contribution in [1.82, 2.24) is 0 Å². The van der Waals surface area contributed by atoms with E-state index in [4.69, 9.17) is 28.5 Å². The molecule has 0 radical (unpaired) electrons. The fourth-order valence-electron chi connectivity index (χ4n) is 1.42. The first-order valence-electron chi connectivity index (χ1n) is 4.92. The van der Waals surface area contributed by atoms with Crippen LogP contribution in [0.1, 0.15) is 5.56 Å². The van der Waals surface area contributed by atoms with Crippen LogP contribution in [0.2, 0.25) is 10.0 Å². The third-order valence-corrected chi connectivity index (χ3v) is 3.04. The Bertz CT molecular complexity index is 588. The van der Waals surface area contributed by atoms with Gasteiger partial charge < -0.3 is 5.32 Å². The van der Waals surface area contributed by atoms with Gasteiger partial charge in [0.25, 0.3) is 0 Å². The minimum absolute atomic E-state index is 0.469. The minimum Gasteiger partial charge on any atom is -0.354 e. The maximum absolute atomic E-state index is 8.80. The van der Waals surface area contributed by atoms with Gasteiger partial charge in [-0.2, -0.15) is 5.26 Å². The molecule has 0 fully saturated rings. The largest absolute Gasteiger partial charge is 0.354 e. The van der Waals surface area contributed by atoms with Crippen molar-refractivity contribution in [2.75, 3.05) is 5.32 Å². The standard InChI is InChI=1S/C13H8Cl2N2/c14-11-5-2-6-12(13(11)15)17-10-4-1-3-9(7-10)8-16/h1-7,17H. The second-order valence-corrected chi connectivity index (χ2v) is 4.20. The van der Waals surface area contributed by atoms with E-state index in [1.807, 2.05) is 18.2 Å². The monoisotopic (exact) mass is 262 g/mol. The first-order chi connectivity index (χ1) is 8.20. The summed E-state index contributed by atoms with van der Waals surface area (Å²) in [6.07, 6.45) is 0. The average molecular weight is 263 g/mol. The van der Waals surface area contributed by atoms with Crippen LogP contribution < -0.4 is 5.32 Å². The summed E-state index contributed by atoms with van der Waals surface area (Å²) in [5.74, 6) is 0. The first-order valence-corrected chi connectivity index (χ1v) is 5.67. The lowest BCUT2D eigenvalue weighted by Crippen LogP contribution is -1.91. The van der Waals surface area contributed by atoms with Gasteiger partial charge >= 0.3 is 0 Å². The van der Waals surface area contributed by atoms with Gasteiger partial charge in [0.2, 0.25) is 0 Å². The highest BCUT2D eigenvalue weighted by Gasteiger charge is 2.04. The number of nitrogens with one attached hydrogen (secondary N) is 1. The molecule has 2 aromatic rings. The van der Waals surface area contributed by atoms with Crippen molar-refractivity contribution in [1.29, 1.82) is 5.26 Å². The van der Waals surface area contributed by atoms with Crippen LogP contribution in [0.25, 0.3) is 0 Å². The Morgan fingerprint density at radius 3 is 2.59 bits per heavy atom. The third-order valence-electron chi connectivity index (χ3n) is 2.22. The Morgan fingerprint density at radius 1 is 1.06 bits per heavy atom. The highest BCUT2D eigenvalue weighted by molar-refractivity contribution is 6.43. The molecule has 0 saturated carbocycles. The number of nitriles is 1. The SMILES string of the molecule is N#Cc1cccc(Nc2cccc(Cl)c2Cl)c1. The Balaban J connectivity index is 2.32. The van der Waals surface area contributed by atoms with Crippen LogP contribution in [-0.4, -0.2) is 0 Å². The second kappa shape index (κ2) is 5.09. The van der Waals surface area contributed by atoms with Crippen molar-refractivity contribution in [2.45, 2.75) is 0 Å². The molecule has 17 heavy (non-hydrogen) atoms. The number of anilines is 2. The summed E-state index contributed by atoms with van der Waals surface area (Å²) in [6, 6.07) is 14.6. The fraction of sp³-hybridized carbons (Fsp3) is 0. The average Bonchev–Trinajstić information content (AvgIpc) is 2.35. The summed E-state index contributed by atoms with van der Waals surface area (Å²) in [7, 11) is 0. The Kier molecular flexibility index (Phi) is 3.53. The summed E-state index contributed by atoms with van der Waals surface area (Å²) in [4.78, 5) is 0. The summed E-state index contributed by atoms with van der Waals surface area (Å²) >= 11 is 12.0. The van der Waals surface area contributed by atoms with Gasteiger partial charge in [0.15, 0.2) is 0 Å². The van der Waals surface area contributed by atoms with Gasteiger partial charge in [0.1, 0.15) is 0 Å². The maximum atomic E-state index is 8.80. The van der Waals surface area contributed by atoms with Crippen molar-refractivity contribution in [3.63, 3.8) is 0 Å². The molecule has 2 rings (SSSR count). The molecule has 0 saturated heterocycles. The highest BCUT2D eigenvalue weighted by atomic mass is 35.5. The molecule has 0 spiro atoms. The van der Waals surface area contributed by atoms with E-state index >= 15 is 0 Å². The molecule has 2 aromatic carbocycles. The quantitative estimate of drug-likeness (QED) is 0.858. The molecule has 2 nitrogen and oxygen atoms in total. The van der Waals surface area contributed by atoms with Crippen LogP contribution in [-0.2, 0) is 0 Å². The van der Waals surface area contributed by atoms with E-state index in [1.165, 1.54) is 0 Å². The van der Waals surface area contributed by atoms with E-state index in [-0.39, 0.29) is 0 Å². The molecule has 0 heterocycles. The second-order valence-electron chi connectivity index (χ2n) is 3.42. The lowest BCUT2D eigenvalue weighted by Gasteiger charge is -2.09. The smallest absolute Gasteiger partial charge is 0.0992 e. The van der Waals surface area contributed by atoms with E-state index in [1.54, 1.807) is 24.3 Å². The van der Waals surface area contributed by atoms with Crippen LogP contribution in [0, 0.1) is 11.3 Å². The van der Waals surface area contributed by atoms with Crippen LogP contribution in [0.5, 0.6) is 0 Å². The van der Waals surface area contributed by atoms with Crippen molar-refractivity contribution >= 4 is 34.6 Å². The fourth-order valence-corrected chi connectivity index (χ4v) is 1.77. The number of rotatable bonds is 2. The molecular formula is C13H8Cl2N2. The molecule has 0 atom stereocenters. The maximum Gasteiger partial charge on any atom is 0.0992 e. The van der Waals surface area contributed by atoms with Crippen LogP contribution in [0.3, 0.4) is 0 Å². The Hall–Kier alpha value is -1.69. The van der Waals surface area contributed by atoms with Crippen molar-refractivity contribution in [2.24, 2.45) is 0 Å². The zero-order valence-electron chi connectivity index (χ0n) is 8.74. The molecule has 0 aliphatic carbocycles. The van der Waals surface area contributed by atoms with Gasteiger partial charge in [-0.05, 0) is 30.3 Å². The zero-order chi connectivity index (χ0) is 12.3. The van der Waals surface area contributed by atoms with Gasteiger partial charge in [-0.3, -0.25) is 0 Å². The molecule has 84 valence electrons. The minimum atomic E-state index is 0.469. The molecule has 0 aliphatic rings. The van der Waals surface area contributed by atoms with Gasteiger partial charge in [0.05, 0.1) is 27.4 Å². The summed E-state index contributed by atoms with van der Waals surface area (Å²) in [5.41, 5.74) is 2.11. The van der Waals surface area contributed by atoms with Gasteiger partial charge in [-0.1, -0.05) is 35.3 Å². The van der Waals surface area contributed by atoms with Crippen molar-refractivity contribution < 1.29 is 0 Å². The van der Waals surface area contributed by atoms with E-state index < -0.39 is 0 Å². The highest BCUT2D eigenvalue weighted by Crippen LogP contribution is 2.31. The molecule has 1 N–H and O–H groups in total. The number of hydrogen-bond donors (Lipinski definition) is 1. The molecule has 4 heteroatoms. The first kappa shape index (κ1) is 11.8. The molecule has 0 amide bonds. The van der Waals surface area contributed by atoms with Crippen LogP contribution in [0.4, 0.5) is 11.4 Å². The van der Waals surface area contributed by atoms with Crippen molar-refractivity contribution in [3.05, 3.63) is 58.1 Å². The predicted octanol–water partition coefficient (Wildman–Crippen LogP) is 4.61. The van der Waals surface area contributed by atoms with Crippen LogP contribution in [0.15, 0.2) is 42.5 Å². The number of benzene rings is 2. The molecule has 0 unspecified atom stereocenters. The van der Waals surface area contributed by atoms with Crippen molar-refractivity contribution in [3.8, 4) is 6.07 Å². The number of halogens is 2. The number of hydrogen-bond acceptors (Lipinski definition) is 2. The van der Waals surface area contributed by atoms with E-state index in [2.05, 4.69) is 11.4 Å². The molecule has 0 aromatic heterocycles. The van der Waals surface area contributed by atoms with Gasteiger partial charge in [-0.15, -0.1) is 0 Å². The lowest BCUT2D eigenvalue weighted by molar-refractivity contribution is 1.47. The van der Waals surface area contributed by atoms with Gasteiger partial charge in [-0.25, -0.2) is 0 Å². The molecular weight excluding hydrogens is 255 g/mol. The summed E-state index contributed by atoms with van der Waals surface area (Å²) in [5, 5.41) is 12.9. The van der Waals surface area contributed by atoms with E-state index in [9.17, 15) is 0 Å². The van der Waals surface area contributed by atoms with E-state index in [0.29, 0.717) is 21.3 Å². The summed E-state index contributed by atoms with van der Waals surface area (Å²) in [6.45, 7) is 0. The summed E-state index contributed by atoms with van der Waals surface area (Å²) < 4.78 is 0. The van der Waals surface area contributed by atoms with Crippen LogP contribution >= 0.6 is 23.2 Å². The molecule has 0 bridgehead atoms. The van der Waals surface area contributed by atoms with E-state index in [0.717, 1.165) is 5.69 Å². The topological polar surface area (TPSA) is 35.8 Å². The normalized spacial score (nSPS) is 9.71. The van der Waals surface area contributed by atoms with Gasteiger partial charge in [0, 0.05) is 5.69 Å². The predicted molar refractivity (Wildman–Crippen MR) is 70.9 cm³/mol.